The van der Waals surface area contributed by atoms with Gasteiger partial charge in [-0.15, -0.1) is 0 Å². The van der Waals surface area contributed by atoms with E-state index in [-0.39, 0.29) is 30.5 Å². The summed E-state index contributed by atoms with van der Waals surface area (Å²) in [5, 5.41) is 2.86. The largest absolute Gasteiger partial charge is 0.375 e. The highest BCUT2D eigenvalue weighted by Gasteiger charge is 2.48. The van der Waals surface area contributed by atoms with Crippen LogP contribution in [0.5, 0.6) is 0 Å². The second kappa shape index (κ2) is 6.60. The highest BCUT2D eigenvalue weighted by Crippen LogP contribution is 2.30. The number of piperidine rings is 1. The Morgan fingerprint density at radius 3 is 2.67 bits per heavy atom. The van der Waals surface area contributed by atoms with E-state index in [1.54, 1.807) is 17.0 Å². The lowest BCUT2D eigenvalue weighted by Gasteiger charge is -2.32. The Labute approximate surface area is 140 Å². The molecule has 2 atom stereocenters. The molecule has 2 aliphatic heterocycles. The number of hydrogen-bond donors (Lipinski definition) is 1. The molecule has 7 heteroatoms. The van der Waals surface area contributed by atoms with E-state index in [9.17, 15) is 14.4 Å². The maximum atomic E-state index is 12.7. The first-order chi connectivity index (χ1) is 11.5. The number of urea groups is 1. The van der Waals surface area contributed by atoms with Crippen molar-refractivity contribution in [2.75, 3.05) is 25.2 Å². The van der Waals surface area contributed by atoms with Crippen LogP contribution in [0.15, 0.2) is 24.3 Å². The highest BCUT2D eigenvalue weighted by molar-refractivity contribution is 6.21. The number of hydrogen-bond acceptors (Lipinski definition) is 4. The van der Waals surface area contributed by atoms with E-state index in [1.807, 2.05) is 19.1 Å². The minimum atomic E-state index is -0.514. The van der Waals surface area contributed by atoms with Gasteiger partial charge >= 0.3 is 6.03 Å². The summed E-state index contributed by atoms with van der Waals surface area (Å²) in [7, 11) is 1.46. The average molecular weight is 331 g/mol. The summed E-state index contributed by atoms with van der Waals surface area (Å²) < 4.78 is 4.80. The van der Waals surface area contributed by atoms with E-state index in [4.69, 9.17) is 4.74 Å². The summed E-state index contributed by atoms with van der Waals surface area (Å²) in [5.74, 6) is -0.433. The summed E-state index contributed by atoms with van der Waals surface area (Å²) in [4.78, 5) is 39.8. The summed E-state index contributed by atoms with van der Waals surface area (Å²) in [6, 6.07) is 6.39. The molecule has 7 nitrogen and oxygen atoms in total. The number of ether oxygens (including phenoxy) is 1. The SMILES string of the molecule is COCC(=O)NC1CCN2C(=O)N(c3ccc(C)cc3)C(=O)C2C1. The summed E-state index contributed by atoms with van der Waals surface area (Å²) in [6.07, 6.45) is 1.06. The summed E-state index contributed by atoms with van der Waals surface area (Å²) >= 11 is 0. The molecule has 1 aromatic rings. The van der Waals surface area contributed by atoms with Gasteiger partial charge in [0.1, 0.15) is 12.6 Å². The smallest absolute Gasteiger partial charge is 0.332 e. The van der Waals surface area contributed by atoms with Gasteiger partial charge in [0.25, 0.3) is 5.91 Å². The number of carbonyl (C=O) groups excluding carboxylic acids is 3. The molecule has 2 aliphatic rings. The molecular formula is C17H21N3O4. The zero-order valence-corrected chi connectivity index (χ0v) is 13.8. The second-order valence-corrected chi connectivity index (χ2v) is 6.22. The Morgan fingerprint density at radius 2 is 2.00 bits per heavy atom. The fourth-order valence-corrected chi connectivity index (χ4v) is 3.26. The number of amides is 4. The molecule has 2 unspecified atom stereocenters. The Hall–Kier alpha value is -2.41. The Kier molecular flexibility index (Phi) is 4.53. The van der Waals surface area contributed by atoms with Gasteiger partial charge < -0.3 is 15.0 Å². The van der Waals surface area contributed by atoms with Crippen molar-refractivity contribution in [1.82, 2.24) is 10.2 Å². The van der Waals surface area contributed by atoms with Crippen LogP contribution in [0.1, 0.15) is 18.4 Å². The van der Waals surface area contributed by atoms with Gasteiger partial charge in [0.05, 0.1) is 5.69 Å². The van der Waals surface area contributed by atoms with Crippen molar-refractivity contribution in [2.45, 2.75) is 31.8 Å². The van der Waals surface area contributed by atoms with Crippen molar-refractivity contribution in [3.8, 4) is 0 Å². The van der Waals surface area contributed by atoms with Crippen molar-refractivity contribution >= 4 is 23.5 Å². The zero-order valence-electron chi connectivity index (χ0n) is 13.8. The molecule has 1 aromatic carbocycles. The van der Waals surface area contributed by atoms with Crippen molar-refractivity contribution in [3.63, 3.8) is 0 Å². The predicted molar refractivity (Wildman–Crippen MR) is 87.6 cm³/mol. The number of rotatable bonds is 4. The lowest BCUT2D eigenvalue weighted by molar-refractivity contribution is -0.127. The Morgan fingerprint density at radius 1 is 1.29 bits per heavy atom. The van der Waals surface area contributed by atoms with E-state index in [1.165, 1.54) is 12.0 Å². The quantitative estimate of drug-likeness (QED) is 0.837. The predicted octanol–water partition coefficient (Wildman–Crippen LogP) is 1.06. The van der Waals surface area contributed by atoms with Crippen LogP contribution in [0, 0.1) is 6.92 Å². The van der Waals surface area contributed by atoms with Crippen LogP contribution in [0.2, 0.25) is 0 Å². The molecule has 0 aromatic heterocycles. The van der Waals surface area contributed by atoms with Crippen LogP contribution >= 0.6 is 0 Å². The first kappa shape index (κ1) is 16.4. The first-order valence-corrected chi connectivity index (χ1v) is 8.01. The minimum absolute atomic E-state index is 0.00670. The standard InChI is InChI=1S/C17H21N3O4/c1-11-3-5-13(6-4-11)20-16(22)14-9-12(18-15(21)10-24-2)7-8-19(14)17(20)23/h3-6,12,14H,7-10H2,1-2H3,(H,18,21). The molecule has 0 saturated carbocycles. The molecule has 0 bridgehead atoms. The summed E-state index contributed by atoms with van der Waals surface area (Å²) in [5.41, 5.74) is 1.65. The van der Waals surface area contributed by atoms with Crippen LogP contribution in [-0.2, 0) is 14.3 Å². The number of anilines is 1. The van der Waals surface area contributed by atoms with Crippen molar-refractivity contribution < 1.29 is 19.1 Å². The van der Waals surface area contributed by atoms with E-state index in [2.05, 4.69) is 5.32 Å². The van der Waals surface area contributed by atoms with Crippen molar-refractivity contribution in [3.05, 3.63) is 29.8 Å². The summed E-state index contributed by atoms with van der Waals surface area (Å²) in [6.45, 7) is 2.40. The van der Waals surface area contributed by atoms with Crippen LogP contribution < -0.4 is 10.2 Å². The number of nitrogens with one attached hydrogen (secondary N) is 1. The van der Waals surface area contributed by atoms with Crippen molar-refractivity contribution in [1.29, 1.82) is 0 Å². The molecule has 3 rings (SSSR count). The van der Waals surface area contributed by atoms with Gasteiger partial charge in [0, 0.05) is 19.7 Å². The van der Waals surface area contributed by atoms with Gasteiger partial charge in [-0.3, -0.25) is 9.59 Å². The normalized spacial score (nSPS) is 23.4. The topological polar surface area (TPSA) is 79.0 Å². The Bertz CT molecular complexity index is 658. The van der Waals surface area contributed by atoms with Gasteiger partial charge in [-0.25, -0.2) is 9.69 Å². The molecule has 24 heavy (non-hydrogen) atoms. The lowest BCUT2D eigenvalue weighted by Crippen LogP contribution is -2.50. The number of methoxy groups -OCH3 is 1. The average Bonchev–Trinajstić information content (AvgIpc) is 2.80. The fourth-order valence-electron chi connectivity index (χ4n) is 3.26. The maximum absolute atomic E-state index is 12.7. The van der Waals surface area contributed by atoms with Gasteiger partial charge in [-0.05, 0) is 31.9 Å². The molecule has 2 fully saturated rings. The monoisotopic (exact) mass is 331 g/mol. The van der Waals surface area contributed by atoms with Crippen LogP contribution in [-0.4, -0.2) is 55.1 Å². The molecule has 0 spiro atoms. The van der Waals surface area contributed by atoms with Crippen LogP contribution in [0.4, 0.5) is 10.5 Å². The van der Waals surface area contributed by atoms with Crippen LogP contribution in [0.3, 0.4) is 0 Å². The highest BCUT2D eigenvalue weighted by atomic mass is 16.5. The fraction of sp³-hybridized carbons (Fsp3) is 0.471. The number of benzene rings is 1. The van der Waals surface area contributed by atoms with E-state index < -0.39 is 6.04 Å². The number of fused-ring (bicyclic) bond motifs is 1. The molecule has 128 valence electrons. The number of nitrogens with zero attached hydrogens (tertiary/aromatic N) is 2. The lowest BCUT2D eigenvalue weighted by atomic mass is 9.98. The van der Waals surface area contributed by atoms with Crippen molar-refractivity contribution in [2.24, 2.45) is 0 Å². The first-order valence-electron chi connectivity index (χ1n) is 8.01. The van der Waals surface area contributed by atoms with E-state index in [0.717, 1.165) is 5.56 Å². The molecule has 4 amide bonds. The third-order valence-electron chi connectivity index (χ3n) is 4.48. The number of aryl methyl sites for hydroxylation is 1. The molecule has 2 saturated heterocycles. The minimum Gasteiger partial charge on any atom is -0.375 e. The van der Waals surface area contributed by atoms with Gasteiger partial charge in [-0.1, -0.05) is 17.7 Å². The zero-order chi connectivity index (χ0) is 17.3. The van der Waals surface area contributed by atoms with Gasteiger partial charge in [-0.2, -0.15) is 0 Å². The van der Waals surface area contributed by atoms with Crippen LogP contribution in [0.25, 0.3) is 0 Å². The molecule has 0 radical (unpaired) electrons. The van der Waals surface area contributed by atoms with Gasteiger partial charge in [0.15, 0.2) is 0 Å². The molecule has 1 N–H and O–H groups in total. The van der Waals surface area contributed by atoms with E-state index in [0.29, 0.717) is 25.1 Å². The molecule has 0 aliphatic carbocycles. The maximum Gasteiger partial charge on any atom is 0.332 e. The molecule has 2 heterocycles. The number of imide groups is 1. The Balaban J connectivity index is 1.73. The number of carbonyl (C=O) groups is 3. The second-order valence-electron chi connectivity index (χ2n) is 6.22. The third kappa shape index (κ3) is 2.99. The molecular weight excluding hydrogens is 310 g/mol. The van der Waals surface area contributed by atoms with E-state index >= 15 is 0 Å². The van der Waals surface area contributed by atoms with Gasteiger partial charge in [0.2, 0.25) is 5.91 Å². The third-order valence-corrected chi connectivity index (χ3v) is 4.48.